The Morgan fingerprint density at radius 1 is 1.60 bits per heavy atom. The number of hydrogen-bond donors (Lipinski definition) is 1. The highest BCUT2D eigenvalue weighted by Crippen LogP contribution is 2.26. The number of thiophene rings is 1. The van der Waals surface area contributed by atoms with E-state index in [9.17, 15) is 0 Å². The average molecular weight is 238 g/mol. The van der Waals surface area contributed by atoms with Gasteiger partial charge in [-0.2, -0.15) is 0 Å². The van der Waals surface area contributed by atoms with Gasteiger partial charge < -0.3 is 5.32 Å². The third-order valence-corrected chi connectivity index (χ3v) is 2.88. The molecule has 15 heavy (non-hydrogen) atoms. The summed E-state index contributed by atoms with van der Waals surface area (Å²) >= 11 is 7.32. The number of terminal acetylenes is 1. The highest BCUT2D eigenvalue weighted by Gasteiger charge is 2.08. The van der Waals surface area contributed by atoms with Crippen molar-refractivity contribution in [2.75, 3.05) is 5.32 Å². The highest BCUT2D eigenvalue weighted by atomic mass is 35.5. The molecular formula is C10H8ClN3S. The van der Waals surface area contributed by atoms with E-state index < -0.39 is 0 Å². The number of nitrogens with zero attached hydrogens (tertiary/aromatic N) is 2. The number of hydrogen-bond acceptors (Lipinski definition) is 4. The highest BCUT2D eigenvalue weighted by molar-refractivity contribution is 7.16. The largest absolute Gasteiger partial charge is 0.356 e. The topological polar surface area (TPSA) is 37.8 Å². The van der Waals surface area contributed by atoms with Gasteiger partial charge in [-0.25, -0.2) is 9.97 Å². The van der Waals surface area contributed by atoms with Gasteiger partial charge in [0, 0.05) is 0 Å². The molecule has 1 atom stereocenters. The number of aromatic nitrogens is 2. The van der Waals surface area contributed by atoms with Crippen LogP contribution in [0.25, 0.3) is 10.2 Å². The van der Waals surface area contributed by atoms with Crippen molar-refractivity contribution < 1.29 is 0 Å². The number of nitrogens with one attached hydrogen (secondary N) is 1. The first-order valence-corrected chi connectivity index (χ1v) is 5.60. The number of halogens is 1. The van der Waals surface area contributed by atoms with Gasteiger partial charge in [-0.05, 0) is 30.0 Å². The minimum absolute atomic E-state index is 0.0842. The SMILES string of the molecule is C#CC(C)Nc1nc(Cl)nc2sccc12. The second-order valence-corrected chi connectivity index (χ2v) is 4.25. The number of anilines is 1. The molecule has 5 heteroatoms. The Morgan fingerprint density at radius 3 is 3.13 bits per heavy atom. The van der Waals surface area contributed by atoms with Gasteiger partial charge in [0.25, 0.3) is 0 Å². The lowest BCUT2D eigenvalue weighted by molar-refractivity contribution is 1.01. The van der Waals surface area contributed by atoms with Crippen LogP contribution in [0.2, 0.25) is 5.28 Å². The van der Waals surface area contributed by atoms with E-state index in [4.69, 9.17) is 18.0 Å². The van der Waals surface area contributed by atoms with E-state index in [1.165, 1.54) is 11.3 Å². The van der Waals surface area contributed by atoms with Crippen LogP contribution in [0.3, 0.4) is 0 Å². The van der Waals surface area contributed by atoms with Crippen LogP contribution in [0.1, 0.15) is 6.92 Å². The van der Waals surface area contributed by atoms with E-state index in [1.54, 1.807) is 0 Å². The third-order valence-electron chi connectivity index (χ3n) is 1.90. The van der Waals surface area contributed by atoms with Gasteiger partial charge in [-0.1, -0.05) is 5.92 Å². The van der Waals surface area contributed by atoms with Crippen molar-refractivity contribution in [2.45, 2.75) is 13.0 Å². The molecule has 1 N–H and O–H groups in total. The standard InChI is InChI=1S/C10H8ClN3S/c1-3-6(2)12-8-7-4-5-15-9(7)14-10(11)13-8/h1,4-6H,2H3,(H,12,13,14). The molecule has 0 aliphatic heterocycles. The van der Waals surface area contributed by atoms with Crippen molar-refractivity contribution in [3.63, 3.8) is 0 Å². The molecule has 0 amide bonds. The minimum atomic E-state index is -0.0842. The van der Waals surface area contributed by atoms with Gasteiger partial charge in [0.1, 0.15) is 10.6 Å². The maximum atomic E-state index is 5.80. The maximum Gasteiger partial charge on any atom is 0.225 e. The number of fused-ring (bicyclic) bond motifs is 1. The second kappa shape index (κ2) is 4.05. The molecule has 0 spiro atoms. The van der Waals surface area contributed by atoms with Crippen molar-refractivity contribution in [1.82, 2.24) is 9.97 Å². The minimum Gasteiger partial charge on any atom is -0.356 e. The summed E-state index contributed by atoms with van der Waals surface area (Å²) in [6.07, 6.45) is 5.29. The van der Waals surface area contributed by atoms with Crippen LogP contribution in [-0.2, 0) is 0 Å². The molecule has 2 heterocycles. The first-order chi connectivity index (χ1) is 7.20. The van der Waals surface area contributed by atoms with Crippen LogP contribution in [-0.4, -0.2) is 16.0 Å². The maximum absolute atomic E-state index is 5.80. The zero-order valence-electron chi connectivity index (χ0n) is 7.99. The molecule has 1 unspecified atom stereocenters. The zero-order valence-corrected chi connectivity index (χ0v) is 9.56. The summed E-state index contributed by atoms with van der Waals surface area (Å²) in [5.74, 6) is 3.27. The lowest BCUT2D eigenvalue weighted by Gasteiger charge is -2.09. The van der Waals surface area contributed by atoms with Crippen LogP contribution in [0, 0.1) is 12.3 Å². The molecule has 0 aromatic carbocycles. The van der Waals surface area contributed by atoms with Crippen molar-refractivity contribution >= 4 is 39.0 Å². The second-order valence-electron chi connectivity index (χ2n) is 3.01. The third kappa shape index (κ3) is 2.04. The van der Waals surface area contributed by atoms with Gasteiger partial charge in [0.05, 0.1) is 11.4 Å². The monoisotopic (exact) mass is 237 g/mol. The molecule has 0 saturated carbocycles. The molecule has 0 fully saturated rings. The molecule has 0 aliphatic rings. The quantitative estimate of drug-likeness (QED) is 0.645. The van der Waals surface area contributed by atoms with E-state index in [-0.39, 0.29) is 11.3 Å². The lowest BCUT2D eigenvalue weighted by Crippen LogP contribution is -2.13. The Balaban J connectivity index is 2.49. The van der Waals surface area contributed by atoms with Crippen LogP contribution >= 0.6 is 22.9 Å². The Hall–Kier alpha value is -1.31. The summed E-state index contributed by atoms with van der Waals surface area (Å²) < 4.78 is 0. The molecule has 0 radical (unpaired) electrons. The average Bonchev–Trinajstić information content (AvgIpc) is 2.65. The van der Waals surface area contributed by atoms with Crippen LogP contribution < -0.4 is 5.32 Å². The fourth-order valence-corrected chi connectivity index (χ4v) is 2.17. The fourth-order valence-electron chi connectivity index (χ4n) is 1.19. The lowest BCUT2D eigenvalue weighted by atomic mass is 10.3. The fraction of sp³-hybridized carbons (Fsp3) is 0.200. The normalized spacial score (nSPS) is 12.3. The van der Waals surface area contributed by atoms with Gasteiger partial charge >= 0.3 is 0 Å². The Morgan fingerprint density at radius 2 is 2.40 bits per heavy atom. The Bertz CT molecular complexity index is 529. The van der Waals surface area contributed by atoms with Gasteiger partial charge in [0.2, 0.25) is 5.28 Å². The van der Waals surface area contributed by atoms with Crippen molar-refractivity contribution in [3.8, 4) is 12.3 Å². The molecule has 76 valence electrons. The van der Waals surface area contributed by atoms with Crippen LogP contribution in [0.5, 0.6) is 0 Å². The number of rotatable bonds is 2. The summed E-state index contributed by atoms with van der Waals surface area (Å²) in [4.78, 5) is 9.09. The van der Waals surface area contributed by atoms with E-state index in [0.717, 1.165) is 10.2 Å². The summed E-state index contributed by atoms with van der Waals surface area (Å²) in [7, 11) is 0. The van der Waals surface area contributed by atoms with Crippen molar-refractivity contribution in [1.29, 1.82) is 0 Å². The predicted molar refractivity (Wildman–Crippen MR) is 64.3 cm³/mol. The molecule has 3 nitrogen and oxygen atoms in total. The molecule has 0 bridgehead atoms. The molecule has 2 rings (SSSR count). The predicted octanol–water partition coefficient (Wildman–Crippen LogP) is 2.78. The van der Waals surface area contributed by atoms with Crippen LogP contribution in [0.4, 0.5) is 5.82 Å². The summed E-state index contributed by atoms with van der Waals surface area (Å²) in [5.41, 5.74) is 0. The summed E-state index contributed by atoms with van der Waals surface area (Å²) in [6, 6.07) is 1.86. The van der Waals surface area contributed by atoms with Crippen molar-refractivity contribution in [3.05, 3.63) is 16.7 Å². The van der Waals surface area contributed by atoms with E-state index >= 15 is 0 Å². The molecule has 0 aliphatic carbocycles. The van der Waals surface area contributed by atoms with E-state index in [1.807, 2.05) is 18.4 Å². The Labute approximate surface area is 96.5 Å². The summed E-state index contributed by atoms with van der Waals surface area (Å²) in [6.45, 7) is 1.88. The Kier molecular flexibility index (Phi) is 2.76. The first kappa shape index (κ1) is 10.2. The molecular weight excluding hydrogens is 230 g/mol. The van der Waals surface area contributed by atoms with Gasteiger partial charge in [-0.3, -0.25) is 0 Å². The summed E-state index contributed by atoms with van der Waals surface area (Å²) in [5, 5.41) is 6.23. The van der Waals surface area contributed by atoms with E-state index in [0.29, 0.717) is 5.82 Å². The van der Waals surface area contributed by atoms with Gasteiger partial charge in [-0.15, -0.1) is 17.8 Å². The van der Waals surface area contributed by atoms with Crippen LogP contribution in [0.15, 0.2) is 11.4 Å². The van der Waals surface area contributed by atoms with E-state index in [2.05, 4.69) is 21.2 Å². The molecule has 0 saturated heterocycles. The smallest absolute Gasteiger partial charge is 0.225 e. The molecule has 2 aromatic heterocycles. The molecule has 2 aromatic rings. The van der Waals surface area contributed by atoms with Gasteiger partial charge in [0.15, 0.2) is 0 Å². The first-order valence-electron chi connectivity index (χ1n) is 4.34. The van der Waals surface area contributed by atoms with Crippen molar-refractivity contribution in [2.24, 2.45) is 0 Å². The zero-order chi connectivity index (χ0) is 10.8.